The first-order valence-corrected chi connectivity index (χ1v) is 6.21. The normalized spacial score (nSPS) is 12.8. The van der Waals surface area contributed by atoms with Crippen molar-refractivity contribution >= 4 is 15.9 Å². The number of nitrogens with one attached hydrogen (secondary N) is 1. The molecular weight excluding hydrogens is 273 g/mol. The van der Waals surface area contributed by atoms with Crippen LogP contribution in [0.2, 0.25) is 0 Å². The number of rotatable bonds is 6. The Morgan fingerprint density at radius 3 is 2.88 bits per heavy atom. The highest BCUT2D eigenvalue weighted by Gasteiger charge is 2.05. The summed E-state index contributed by atoms with van der Waals surface area (Å²) in [4.78, 5) is 0. The van der Waals surface area contributed by atoms with Crippen LogP contribution in [0.1, 0.15) is 25.3 Å². The van der Waals surface area contributed by atoms with Crippen molar-refractivity contribution in [1.29, 1.82) is 0 Å². The minimum absolute atomic E-state index is 0.198. The zero-order chi connectivity index (χ0) is 12.0. The van der Waals surface area contributed by atoms with Crippen LogP contribution in [0.3, 0.4) is 0 Å². The Bertz CT molecular complexity index is 333. The van der Waals surface area contributed by atoms with Crippen molar-refractivity contribution in [1.82, 2.24) is 5.32 Å². The van der Waals surface area contributed by atoms with Gasteiger partial charge >= 0.3 is 0 Å². The molecule has 0 radical (unpaired) electrons. The van der Waals surface area contributed by atoms with E-state index in [-0.39, 0.29) is 18.5 Å². The zero-order valence-electron chi connectivity index (χ0n) is 9.34. The smallest absolute Gasteiger partial charge is 0.128 e. The fourth-order valence-corrected chi connectivity index (χ4v) is 1.78. The van der Waals surface area contributed by atoms with Crippen molar-refractivity contribution in [2.45, 2.75) is 32.4 Å². The van der Waals surface area contributed by atoms with Crippen molar-refractivity contribution in [3.63, 3.8) is 0 Å². The van der Waals surface area contributed by atoms with Crippen molar-refractivity contribution in [3.8, 4) is 0 Å². The minimum Gasteiger partial charge on any atom is -0.396 e. The topological polar surface area (TPSA) is 32.3 Å². The van der Waals surface area contributed by atoms with Crippen LogP contribution in [0.15, 0.2) is 22.7 Å². The molecule has 1 aromatic rings. The maximum atomic E-state index is 13.4. The Labute approximate surface area is 104 Å². The standard InChI is InChI=1S/C12H17BrFNO/c1-9(3-2-6-16)15-8-10-4-5-11(13)7-12(10)14/h4-5,7,9,15-16H,2-3,6,8H2,1H3. The Balaban J connectivity index is 2.42. The van der Waals surface area contributed by atoms with Crippen LogP contribution in [0.25, 0.3) is 0 Å². The van der Waals surface area contributed by atoms with Crippen LogP contribution >= 0.6 is 15.9 Å². The Morgan fingerprint density at radius 1 is 1.50 bits per heavy atom. The summed E-state index contributed by atoms with van der Waals surface area (Å²) in [6.45, 7) is 2.76. The number of halogens is 2. The van der Waals surface area contributed by atoms with Gasteiger partial charge in [-0.2, -0.15) is 0 Å². The minimum atomic E-state index is -0.198. The Hall–Kier alpha value is -0.450. The van der Waals surface area contributed by atoms with Gasteiger partial charge in [0.1, 0.15) is 5.82 Å². The van der Waals surface area contributed by atoms with E-state index in [0.717, 1.165) is 17.3 Å². The largest absolute Gasteiger partial charge is 0.396 e. The number of aliphatic hydroxyl groups is 1. The molecule has 0 spiro atoms. The summed E-state index contributed by atoms with van der Waals surface area (Å²) in [5.74, 6) is -0.198. The fraction of sp³-hybridized carbons (Fsp3) is 0.500. The van der Waals surface area contributed by atoms with Gasteiger partial charge in [-0.1, -0.05) is 22.0 Å². The average molecular weight is 290 g/mol. The molecule has 1 unspecified atom stereocenters. The lowest BCUT2D eigenvalue weighted by atomic mass is 10.1. The first kappa shape index (κ1) is 13.6. The molecule has 16 heavy (non-hydrogen) atoms. The van der Waals surface area contributed by atoms with Gasteiger partial charge in [-0.25, -0.2) is 4.39 Å². The van der Waals surface area contributed by atoms with E-state index >= 15 is 0 Å². The summed E-state index contributed by atoms with van der Waals surface area (Å²) in [6.07, 6.45) is 1.67. The average Bonchev–Trinajstić information content (AvgIpc) is 2.25. The predicted octanol–water partition coefficient (Wildman–Crippen LogP) is 2.84. The number of hydrogen-bond donors (Lipinski definition) is 2. The summed E-state index contributed by atoms with van der Waals surface area (Å²) < 4.78 is 14.2. The monoisotopic (exact) mass is 289 g/mol. The molecule has 0 aliphatic rings. The predicted molar refractivity (Wildman–Crippen MR) is 66.7 cm³/mol. The molecule has 0 amide bonds. The highest BCUT2D eigenvalue weighted by atomic mass is 79.9. The second-order valence-corrected chi connectivity index (χ2v) is 4.80. The molecule has 2 N–H and O–H groups in total. The highest BCUT2D eigenvalue weighted by molar-refractivity contribution is 9.10. The molecule has 0 aromatic heterocycles. The van der Waals surface area contributed by atoms with Gasteiger partial charge in [0.2, 0.25) is 0 Å². The van der Waals surface area contributed by atoms with E-state index in [4.69, 9.17) is 5.11 Å². The quantitative estimate of drug-likeness (QED) is 0.844. The van der Waals surface area contributed by atoms with Crippen LogP contribution in [0.4, 0.5) is 4.39 Å². The van der Waals surface area contributed by atoms with Crippen molar-refractivity contribution < 1.29 is 9.50 Å². The summed E-state index contributed by atoms with van der Waals surface area (Å²) in [7, 11) is 0. The molecule has 0 heterocycles. The van der Waals surface area contributed by atoms with E-state index in [2.05, 4.69) is 21.2 Å². The van der Waals surface area contributed by atoms with Crippen LogP contribution < -0.4 is 5.32 Å². The maximum Gasteiger partial charge on any atom is 0.128 e. The summed E-state index contributed by atoms with van der Waals surface area (Å²) in [6, 6.07) is 5.36. The van der Waals surface area contributed by atoms with E-state index in [0.29, 0.717) is 12.1 Å². The van der Waals surface area contributed by atoms with Gasteiger partial charge < -0.3 is 10.4 Å². The summed E-state index contributed by atoms with van der Waals surface area (Å²) >= 11 is 3.22. The lowest BCUT2D eigenvalue weighted by molar-refractivity contribution is 0.276. The molecule has 2 nitrogen and oxygen atoms in total. The van der Waals surface area contributed by atoms with Gasteiger partial charge in [0, 0.05) is 29.2 Å². The van der Waals surface area contributed by atoms with Crippen molar-refractivity contribution in [3.05, 3.63) is 34.1 Å². The van der Waals surface area contributed by atoms with E-state index in [1.807, 2.05) is 13.0 Å². The van der Waals surface area contributed by atoms with E-state index in [1.165, 1.54) is 6.07 Å². The first-order valence-electron chi connectivity index (χ1n) is 5.41. The van der Waals surface area contributed by atoms with Gasteiger partial charge in [-0.05, 0) is 31.9 Å². The van der Waals surface area contributed by atoms with E-state index < -0.39 is 0 Å². The summed E-state index contributed by atoms with van der Waals surface area (Å²) in [5, 5.41) is 11.9. The van der Waals surface area contributed by atoms with Crippen LogP contribution in [0, 0.1) is 5.82 Å². The van der Waals surface area contributed by atoms with Crippen molar-refractivity contribution in [2.75, 3.05) is 6.61 Å². The third-order valence-electron chi connectivity index (χ3n) is 2.45. The second kappa shape index (κ2) is 6.99. The molecule has 1 atom stereocenters. The third kappa shape index (κ3) is 4.60. The second-order valence-electron chi connectivity index (χ2n) is 3.88. The molecule has 0 saturated carbocycles. The molecule has 1 rings (SSSR count). The fourth-order valence-electron chi connectivity index (χ4n) is 1.45. The lowest BCUT2D eigenvalue weighted by Crippen LogP contribution is -2.26. The van der Waals surface area contributed by atoms with Gasteiger partial charge in [0.05, 0.1) is 0 Å². The summed E-state index contributed by atoms with van der Waals surface area (Å²) in [5.41, 5.74) is 0.666. The molecule has 0 aliphatic heterocycles. The van der Waals surface area contributed by atoms with E-state index in [1.54, 1.807) is 6.07 Å². The van der Waals surface area contributed by atoms with E-state index in [9.17, 15) is 4.39 Å². The van der Waals surface area contributed by atoms with Gasteiger partial charge in [-0.3, -0.25) is 0 Å². The zero-order valence-corrected chi connectivity index (χ0v) is 10.9. The Kier molecular flexibility index (Phi) is 5.95. The molecule has 4 heteroatoms. The van der Waals surface area contributed by atoms with Gasteiger partial charge in [0.15, 0.2) is 0 Å². The SMILES string of the molecule is CC(CCCO)NCc1ccc(Br)cc1F. The molecular formula is C12H17BrFNO. The van der Waals surface area contributed by atoms with Crippen LogP contribution in [-0.2, 0) is 6.54 Å². The van der Waals surface area contributed by atoms with Crippen LogP contribution in [0.5, 0.6) is 0 Å². The van der Waals surface area contributed by atoms with Crippen molar-refractivity contribution in [2.24, 2.45) is 0 Å². The molecule has 0 fully saturated rings. The third-order valence-corrected chi connectivity index (χ3v) is 2.94. The van der Waals surface area contributed by atoms with Gasteiger partial charge in [0.25, 0.3) is 0 Å². The van der Waals surface area contributed by atoms with Gasteiger partial charge in [-0.15, -0.1) is 0 Å². The number of benzene rings is 1. The Morgan fingerprint density at radius 2 is 2.25 bits per heavy atom. The molecule has 1 aromatic carbocycles. The molecule has 0 aliphatic carbocycles. The maximum absolute atomic E-state index is 13.4. The molecule has 90 valence electrons. The number of hydrogen-bond acceptors (Lipinski definition) is 2. The first-order chi connectivity index (χ1) is 7.63. The lowest BCUT2D eigenvalue weighted by Gasteiger charge is -2.13. The molecule has 0 saturated heterocycles. The molecule has 0 bridgehead atoms. The number of aliphatic hydroxyl groups excluding tert-OH is 1. The highest BCUT2D eigenvalue weighted by Crippen LogP contribution is 2.15. The van der Waals surface area contributed by atoms with Crippen LogP contribution in [-0.4, -0.2) is 17.8 Å².